The molecule has 6 nitrogen and oxygen atoms in total. The number of anilines is 1. The molecule has 0 spiro atoms. The van der Waals surface area contributed by atoms with Crippen LogP contribution in [0.2, 0.25) is 0 Å². The van der Waals surface area contributed by atoms with Crippen LogP contribution in [0.3, 0.4) is 0 Å². The summed E-state index contributed by atoms with van der Waals surface area (Å²) in [6.45, 7) is 0.366. The van der Waals surface area contributed by atoms with Gasteiger partial charge in [-0.15, -0.1) is 0 Å². The molecule has 1 amide bonds. The molecule has 6 heteroatoms. The molecule has 0 atom stereocenters. The number of nitrogens with zero attached hydrogens (tertiary/aromatic N) is 3. The molecule has 1 aliphatic rings. The van der Waals surface area contributed by atoms with Gasteiger partial charge in [-0.2, -0.15) is 5.10 Å². The van der Waals surface area contributed by atoms with Gasteiger partial charge in [-0.05, 0) is 30.2 Å². The molecular weight excluding hydrogens is 242 g/mol. The van der Waals surface area contributed by atoms with E-state index in [1.54, 1.807) is 4.68 Å². The highest BCUT2D eigenvalue weighted by molar-refractivity contribution is 5.94. The van der Waals surface area contributed by atoms with Gasteiger partial charge in [0.1, 0.15) is 5.82 Å². The fourth-order valence-corrected chi connectivity index (χ4v) is 2.24. The number of fused-ring (bicyclic) bond motifs is 1. The maximum Gasteiger partial charge on any atom is 0.224 e. The zero-order valence-corrected chi connectivity index (χ0v) is 10.7. The van der Waals surface area contributed by atoms with Crippen molar-refractivity contribution in [3.63, 3.8) is 0 Å². The van der Waals surface area contributed by atoms with Crippen molar-refractivity contribution in [1.82, 2.24) is 14.8 Å². The smallest absolute Gasteiger partial charge is 0.224 e. The summed E-state index contributed by atoms with van der Waals surface area (Å²) in [4.78, 5) is 15.7. The molecule has 0 bridgehead atoms. The van der Waals surface area contributed by atoms with Crippen molar-refractivity contribution in [1.29, 1.82) is 0 Å². The van der Waals surface area contributed by atoms with Crippen molar-refractivity contribution in [3.8, 4) is 11.4 Å². The van der Waals surface area contributed by atoms with E-state index < -0.39 is 0 Å². The van der Waals surface area contributed by atoms with E-state index in [1.165, 1.54) is 0 Å². The summed E-state index contributed by atoms with van der Waals surface area (Å²) < 4.78 is 1.69. The second-order valence-electron chi connectivity index (χ2n) is 4.60. The largest absolute Gasteiger partial charge is 0.326 e. The van der Waals surface area contributed by atoms with Crippen molar-refractivity contribution in [2.75, 3.05) is 5.32 Å². The summed E-state index contributed by atoms with van der Waals surface area (Å²) in [6.07, 6.45) is 1.28. The molecule has 0 aliphatic carbocycles. The first-order valence-electron chi connectivity index (χ1n) is 6.20. The number of hydrogen-bond donors (Lipinski definition) is 2. The van der Waals surface area contributed by atoms with Crippen molar-refractivity contribution in [3.05, 3.63) is 29.6 Å². The van der Waals surface area contributed by atoms with Crippen molar-refractivity contribution in [2.45, 2.75) is 19.4 Å². The van der Waals surface area contributed by atoms with Crippen LogP contribution in [-0.2, 0) is 24.8 Å². The van der Waals surface area contributed by atoms with Gasteiger partial charge in [0.2, 0.25) is 5.91 Å². The minimum absolute atomic E-state index is 0.0710. The van der Waals surface area contributed by atoms with E-state index in [9.17, 15) is 4.79 Å². The lowest BCUT2D eigenvalue weighted by Crippen LogP contribution is -2.18. The number of rotatable bonds is 2. The Hall–Kier alpha value is -2.21. The molecule has 98 valence electrons. The number of nitrogens with one attached hydrogen (secondary N) is 1. The summed E-state index contributed by atoms with van der Waals surface area (Å²) in [7, 11) is 1.83. The van der Waals surface area contributed by atoms with Crippen LogP contribution in [0.1, 0.15) is 17.8 Å². The number of carbonyl (C=O) groups is 1. The Labute approximate surface area is 110 Å². The standard InChI is InChI=1S/C13H15N5O/c1-18-11(7-14)16-13(17-18)9-2-4-10-8(6-9)3-5-12(19)15-10/h2,4,6H,3,5,7,14H2,1H3,(H,15,19). The molecule has 0 saturated carbocycles. The molecule has 1 aliphatic heterocycles. The summed E-state index contributed by atoms with van der Waals surface area (Å²) >= 11 is 0. The monoisotopic (exact) mass is 257 g/mol. The fourth-order valence-electron chi connectivity index (χ4n) is 2.24. The van der Waals surface area contributed by atoms with E-state index in [2.05, 4.69) is 15.4 Å². The van der Waals surface area contributed by atoms with E-state index >= 15 is 0 Å². The lowest BCUT2D eigenvalue weighted by atomic mass is 10.0. The molecule has 0 saturated heterocycles. The highest BCUT2D eigenvalue weighted by Gasteiger charge is 2.16. The van der Waals surface area contributed by atoms with Crippen LogP contribution < -0.4 is 11.1 Å². The second-order valence-corrected chi connectivity index (χ2v) is 4.60. The van der Waals surface area contributed by atoms with Gasteiger partial charge in [0.25, 0.3) is 0 Å². The van der Waals surface area contributed by atoms with Gasteiger partial charge in [-0.1, -0.05) is 0 Å². The highest BCUT2D eigenvalue weighted by atomic mass is 16.1. The molecule has 2 heterocycles. The van der Waals surface area contributed by atoms with Gasteiger partial charge < -0.3 is 11.1 Å². The summed E-state index contributed by atoms with van der Waals surface area (Å²) in [6, 6.07) is 5.85. The van der Waals surface area contributed by atoms with Gasteiger partial charge in [0, 0.05) is 24.7 Å². The molecule has 2 aromatic rings. The van der Waals surface area contributed by atoms with Crippen LogP contribution in [0.5, 0.6) is 0 Å². The van der Waals surface area contributed by atoms with Crippen LogP contribution in [0, 0.1) is 0 Å². The lowest BCUT2D eigenvalue weighted by molar-refractivity contribution is -0.116. The molecular formula is C13H15N5O. The Bertz CT molecular complexity index is 646. The minimum Gasteiger partial charge on any atom is -0.326 e. The van der Waals surface area contributed by atoms with Crippen LogP contribution in [0.4, 0.5) is 5.69 Å². The summed E-state index contributed by atoms with van der Waals surface area (Å²) in [5.74, 6) is 1.49. The Kier molecular flexibility index (Phi) is 2.79. The predicted molar refractivity (Wildman–Crippen MR) is 71.3 cm³/mol. The Morgan fingerprint density at radius 1 is 1.42 bits per heavy atom. The van der Waals surface area contributed by atoms with E-state index in [0.29, 0.717) is 18.8 Å². The zero-order valence-electron chi connectivity index (χ0n) is 10.7. The van der Waals surface area contributed by atoms with Crippen molar-refractivity contribution >= 4 is 11.6 Å². The molecule has 19 heavy (non-hydrogen) atoms. The number of carbonyl (C=O) groups excluding carboxylic acids is 1. The molecule has 0 radical (unpaired) electrons. The van der Waals surface area contributed by atoms with E-state index in [4.69, 9.17) is 5.73 Å². The Balaban J connectivity index is 1.99. The highest BCUT2D eigenvalue weighted by Crippen LogP contribution is 2.27. The van der Waals surface area contributed by atoms with E-state index in [0.717, 1.165) is 29.1 Å². The first kappa shape index (κ1) is 11.9. The number of aromatic nitrogens is 3. The molecule has 0 fully saturated rings. The first-order chi connectivity index (χ1) is 9.17. The molecule has 3 N–H and O–H groups in total. The van der Waals surface area contributed by atoms with E-state index in [1.807, 2.05) is 25.2 Å². The molecule has 3 rings (SSSR count). The van der Waals surface area contributed by atoms with Gasteiger partial charge in [-0.25, -0.2) is 4.98 Å². The van der Waals surface area contributed by atoms with Gasteiger partial charge in [-0.3, -0.25) is 9.48 Å². The quantitative estimate of drug-likeness (QED) is 0.834. The number of benzene rings is 1. The summed E-state index contributed by atoms with van der Waals surface area (Å²) in [5.41, 5.74) is 8.55. The SMILES string of the molecule is Cn1nc(-c2ccc3c(c2)CCC(=O)N3)nc1CN. The fraction of sp³-hybridized carbons (Fsp3) is 0.308. The average Bonchev–Trinajstić information content (AvgIpc) is 2.79. The van der Waals surface area contributed by atoms with Crippen molar-refractivity contribution < 1.29 is 4.79 Å². The maximum atomic E-state index is 11.3. The number of hydrogen-bond acceptors (Lipinski definition) is 4. The third-order valence-corrected chi connectivity index (χ3v) is 3.29. The third kappa shape index (κ3) is 2.10. The Morgan fingerprint density at radius 2 is 2.26 bits per heavy atom. The third-order valence-electron chi connectivity index (χ3n) is 3.29. The number of amides is 1. The van der Waals surface area contributed by atoms with Gasteiger partial charge in [0.05, 0.1) is 6.54 Å². The van der Waals surface area contributed by atoms with Gasteiger partial charge >= 0.3 is 0 Å². The Morgan fingerprint density at radius 3 is 3.00 bits per heavy atom. The van der Waals surface area contributed by atoms with Crippen LogP contribution in [0.25, 0.3) is 11.4 Å². The summed E-state index contributed by atoms with van der Waals surface area (Å²) in [5, 5.41) is 7.22. The van der Waals surface area contributed by atoms with E-state index in [-0.39, 0.29) is 5.91 Å². The normalized spacial score (nSPS) is 14.1. The van der Waals surface area contributed by atoms with Crippen LogP contribution >= 0.6 is 0 Å². The molecule has 1 aromatic heterocycles. The first-order valence-corrected chi connectivity index (χ1v) is 6.20. The van der Waals surface area contributed by atoms with Gasteiger partial charge in [0.15, 0.2) is 5.82 Å². The number of nitrogens with two attached hydrogens (primary N) is 1. The van der Waals surface area contributed by atoms with Crippen molar-refractivity contribution in [2.24, 2.45) is 12.8 Å². The average molecular weight is 257 g/mol. The minimum atomic E-state index is 0.0710. The molecule has 0 unspecified atom stereocenters. The lowest BCUT2D eigenvalue weighted by Gasteiger charge is -2.16. The van der Waals surface area contributed by atoms with Crippen LogP contribution in [-0.4, -0.2) is 20.7 Å². The second kappa shape index (κ2) is 4.47. The maximum absolute atomic E-state index is 11.3. The zero-order chi connectivity index (χ0) is 13.4. The topological polar surface area (TPSA) is 85.8 Å². The molecule has 1 aromatic carbocycles. The van der Waals surface area contributed by atoms with Crippen LogP contribution in [0.15, 0.2) is 18.2 Å². The number of aryl methyl sites for hydroxylation is 2. The predicted octanol–water partition coefficient (Wildman–Crippen LogP) is 0.826.